The smallest absolute Gasteiger partial charge is 1.00 e. The maximum atomic E-state index is 11.9. The number of nitrogens with zero attached hydrogens (tertiary/aromatic N) is 12. The van der Waals surface area contributed by atoms with Crippen LogP contribution in [0.25, 0.3) is 0 Å². The van der Waals surface area contributed by atoms with Gasteiger partial charge in [0.15, 0.2) is 0 Å². The maximum absolute atomic E-state index is 11.9. The van der Waals surface area contributed by atoms with Crippen molar-refractivity contribution in [3.05, 3.63) is 499 Å². The van der Waals surface area contributed by atoms with Crippen molar-refractivity contribution >= 4 is 95.3 Å². The first-order valence-electron chi connectivity index (χ1n) is 42.0. The number of hydrogen-bond acceptors (Lipinski definition) is 11. The van der Waals surface area contributed by atoms with E-state index in [9.17, 15) is 10.2 Å². The van der Waals surface area contributed by atoms with Gasteiger partial charge in [-0.25, -0.2) is 28.1 Å². The summed E-state index contributed by atoms with van der Waals surface area (Å²) in [6, 6.07) is 144. The third-order valence-corrected chi connectivity index (χ3v) is 28.8. The standard InChI is InChI=1S/4C18H15P.2C11H11N6O.C4H4O.2C4H10O.2ClH.2Ru/c4*1-4-10-16(11-5-1)19(17-12-6-2-7-13-17)18-14-8-3-9-15-18;2*18-10-11(15-7-1-4-12-15,16-8-2-5-13-16)17-9-3-6-14-17;1-2-4-5-3-1;2*1-3-5-4-2;;;;/h4*1-15H;2*1-9H,10H2;1-4H;2*3-4H2,1-2H3;2*1H;;/q;;;;2*-1;;;;;;2*+2/p-2. The molecule has 131 heavy (non-hydrogen) atoms. The van der Waals surface area contributed by atoms with E-state index in [1.165, 1.54) is 63.7 Å². The van der Waals surface area contributed by atoms with Gasteiger partial charge in [-0.2, -0.15) is 30.6 Å². The summed E-state index contributed by atoms with van der Waals surface area (Å²) >= 11 is 0. The number of hydrogen-bond donors (Lipinski definition) is 0. The van der Waals surface area contributed by atoms with Gasteiger partial charge in [0.1, 0.15) is 0 Å². The van der Waals surface area contributed by atoms with Gasteiger partial charge in [0.2, 0.25) is 11.6 Å². The minimum Gasteiger partial charge on any atom is -1.00 e. The van der Waals surface area contributed by atoms with Gasteiger partial charge in [-0.05, 0) is 172 Å². The van der Waals surface area contributed by atoms with Crippen molar-refractivity contribution in [2.75, 3.05) is 39.6 Å². The van der Waals surface area contributed by atoms with E-state index >= 15 is 0 Å². The normalized spacial score (nSPS) is 10.3. The molecule has 12 aromatic carbocycles. The fourth-order valence-corrected chi connectivity index (χ4v) is 22.5. The fourth-order valence-electron chi connectivity index (χ4n) is 13.3. The Hall–Kier alpha value is -11.4. The first-order chi connectivity index (χ1) is 62.9. The van der Waals surface area contributed by atoms with E-state index in [-0.39, 0.29) is 63.8 Å². The fraction of sp³-hybridized carbons (Fsp3) is 0.113. The van der Waals surface area contributed by atoms with E-state index in [4.69, 9.17) is 9.47 Å². The Bertz CT molecular complexity index is 4710. The Balaban J connectivity index is 0.000000207. The van der Waals surface area contributed by atoms with Gasteiger partial charge in [0.05, 0.1) is 12.5 Å². The Morgan fingerprint density at radius 3 is 0.427 bits per heavy atom. The SMILES string of the molecule is CCOCC.CCOCC.[Cl-].[Cl-].[O-]CC(n1cccn1)(n1cccn1)n1cccn1.[O-]CC(n1cccn1)(n1cccn1)n1cccn1.[Ru+2].[Ru+2].c1ccc(P(c2ccccc2)c2ccccc2)cc1.c1ccc(P(c2ccccc2)c2ccccc2)cc1.c1ccc(P(c2ccccc2)c2ccccc2)cc1.c1ccc(P(c2ccccc2)c2ccccc2)cc1.c1ccoc1. The third-order valence-electron chi connectivity index (χ3n) is 19.0. The van der Waals surface area contributed by atoms with Crippen molar-refractivity contribution in [2.45, 2.75) is 39.3 Å². The van der Waals surface area contributed by atoms with Crippen molar-refractivity contribution < 1.29 is 87.9 Å². The topological polar surface area (TPSA) is 185 Å². The van der Waals surface area contributed by atoms with E-state index in [2.05, 4.69) is 399 Å². The molecule has 0 saturated carbocycles. The number of furan rings is 1. The predicted octanol–water partition coefficient (Wildman–Crippen LogP) is 9.83. The minimum atomic E-state index is -1.13. The van der Waals surface area contributed by atoms with Crippen LogP contribution in [0.4, 0.5) is 0 Å². The molecular weight excluding hydrogens is 1920 g/mol. The van der Waals surface area contributed by atoms with Gasteiger partial charge >= 0.3 is 39.0 Å². The average Bonchev–Trinajstić information content (AvgIpc) is 1.63. The molecule has 0 spiro atoms. The molecule has 0 amide bonds. The zero-order valence-electron chi connectivity index (χ0n) is 73.2. The molecule has 0 aliphatic heterocycles. The summed E-state index contributed by atoms with van der Waals surface area (Å²) < 4.78 is 23.6. The molecule has 7 aromatic heterocycles. The number of halogens is 2. The molecule has 670 valence electrons. The van der Waals surface area contributed by atoms with Gasteiger partial charge in [0, 0.05) is 101 Å². The first-order valence-corrected chi connectivity index (χ1v) is 47.4. The van der Waals surface area contributed by atoms with Crippen LogP contribution in [-0.2, 0) is 60.0 Å². The van der Waals surface area contributed by atoms with Gasteiger partial charge < -0.3 is 48.9 Å². The van der Waals surface area contributed by atoms with Crippen LogP contribution in [0, 0.1) is 0 Å². The summed E-state index contributed by atoms with van der Waals surface area (Å²) in [7, 11) is -1.78. The van der Waals surface area contributed by atoms with Gasteiger partial charge in [-0.15, -0.1) is 0 Å². The molecule has 19 aromatic rings. The largest absolute Gasteiger partial charge is 2.00 e. The maximum Gasteiger partial charge on any atom is 2.00 e. The van der Waals surface area contributed by atoms with Crippen molar-refractivity contribution in [3.63, 3.8) is 0 Å². The van der Waals surface area contributed by atoms with Crippen LogP contribution in [0.3, 0.4) is 0 Å². The van der Waals surface area contributed by atoms with Crippen LogP contribution >= 0.6 is 31.7 Å². The van der Waals surface area contributed by atoms with E-state index in [1.54, 1.807) is 151 Å². The third kappa shape index (κ3) is 31.7. The number of rotatable bonds is 24. The summed E-state index contributed by atoms with van der Waals surface area (Å²) in [6.45, 7) is 10.4. The summed E-state index contributed by atoms with van der Waals surface area (Å²) in [6.07, 6.45) is 23.3. The van der Waals surface area contributed by atoms with Crippen LogP contribution < -0.4 is 98.7 Å². The quantitative estimate of drug-likeness (QED) is 0.0414. The molecule has 0 aliphatic carbocycles. The predicted molar refractivity (Wildman–Crippen MR) is 524 cm³/mol. The minimum absolute atomic E-state index is 0. The van der Waals surface area contributed by atoms with Crippen molar-refractivity contribution in [1.29, 1.82) is 0 Å². The Morgan fingerprint density at radius 2 is 0.351 bits per heavy atom. The zero-order chi connectivity index (χ0) is 88.3. The van der Waals surface area contributed by atoms with Crippen LogP contribution in [0.2, 0.25) is 0 Å². The first kappa shape index (κ1) is 107. The van der Waals surface area contributed by atoms with Gasteiger partial charge in [-0.1, -0.05) is 377 Å². The molecule has 0 saturated heterocycles. The summed E-state index contributed by atoms with van der Waals surface area (Å²) in [5.41, 5.74) is 0. The molecule has 19 rings (SSSR count). The second-order valence-corrected chi connectivity index (χ2v) is 36.1. The molecule has 17 nitrogen and oxygen atoms in total. The van der Waals surface area contributed by atoms with Crippen molar-refractivity contribution in [2.24, 2.45) is 0 Å². The second kappa shape index (κ2) is 61.3. The molecule has 0 N–H and O–H groups in total. The van der Waals surface area contributed by atoms with Crippen LogP contribution in [-0.4, -0.2) is 98.3 Å². The summed E-state index contributed by atoms with van der Waals surface area (Å²) in [5, 5.41) is 65.5. The molecule has 0 atom stereocenters. The molecule has 0 bridgehead atoms. The number of benzene rings is 12. The van der Waals surface area contributed by atoms with Crippen molar-refractivity contribution in [1.82, 2.24) is 58.7 Å². The Labute approximate surface area is 813 Å². The molecular formula is C106H106Cl2N12O5P4Ru2. The van der Waals surface area contributed by atoms with Gasteiger partial charge in [0.25, 0.3) is 0 Å². The van der Waals surface area contributed by atoms with E-state index in [0.29, 0.717) is 0 Å². The van der Waals surface area contributed by atoms with Crippen LogP contribution in [0.1, 0.15) is 27.7 Å². The second-order valence-electron chi connectivity index (χ2n) is 27.3. The molecule has 0 radical (unpaired) electrons. The van der Waals surface area contributed by atoms with E-state index < -0.39 is 56.5 Å². The average molecular weight is 2030 g/mol. The molecule has 7 heterocycles. The summed E-state index contributed by atoms with van der Waals surface area (Å²) in [5.74, 6) is -2.26. The Kier molecular flexibility index (Phi) is 49.8. The molecule has 25 heteroatoms. The van der Waals surface area contributed by atoms with E-state index in [0.717, 1.165) is 26.4 Å². The summed E-state index contributed by atoms with van der Waals surface area (Å²) in [4.78, 5) is 0. The number of aromatic nitrogens is 12. The van der Waals surface area contributed by atoms with Crippen LogP contribution in [0.5, 0.6) is 0 Å². The van der Waals surface area contributed by atoms with E-state index in [1.807, 2.05) is 39.8 Å². The molecule has 0 aliphatic rings. The zero-order valence-corrected chi connectivity index (χ0v) is 81.8. The monoisotopic (exact) mass is 2020 g/mol. The van der Waals surface area contributed by atoms with Gasteiger partial charge in [-0.3, -0.25) is 0 Å². The molecule has 0 fully saturated rings. The van der Waals surface area contributed by atoms with Crippen LogP contribution in [0.15, 0.2) is 504 Å². The Morgan fingerprint density at radius 1 is 0.221 bits per heavy atom. The molecule has 0 unspecified atom stereocenters. The number of ether oxygens (including phenoxy) is 2. The van der Waals surface area contributed by atoms with Crippen molar-refractivity contribution in [3.8, 4) is 0 Å².